The van der Waals surface area contributed by atoms with Gasteiger partial charge in [-0.3, -0.25) is 25.0 Å². The van der Waals surface area contributed by atoms with E-state index in [0.717, 1.165) is 5.69 Å². The number of benzene rings is 2. The normalized spacial score (nSPS) is 14.9. The van der Waals surface area contributed by atoms with Crippen molar-refractivity contribution in [2.45, 2.75) is 11.3 Å². The first kappa shape index (κ1) is 18.9. The molecule has 1 aliphatic rings. The Balaban J connectivity index is 1.44. The molecule has 4 rings (SSSR count). The maximum atomic E-state index is 12.7. The van der Waals surface area contributed by atoms with Crippen LogP contribution in [0.1, 0.15) is 10.5 Å². The Labute approximate surface area is 171 Å². The van der Waals surface area contributed by atoms with Crippen molar-refractivity contribution < 1.29 is 19.1 Å². The highest BCUT2D eigenvalue weighted by molar-refractivity contribution is 7.98. The molecule has 9 heteroatoms. The van der Waals surface area contributed by atoms with Crippen LogP contribution in [0.25, 0.3) is 5.69 Å². The number of nitrogens with one attached hydrogen (secondary N) is 2. The Kier molecular flexibility index (Phi) is 5.39. The van der Waals surface area contributed by atoms with Crippen molar-refractivity contribution in [3.05, 3.63) is 66.5 Å². The first-order chi connectivity index (χ1) is 14.2. The van der Waals surface area contributed by atoms with Crippen LogP contribution in [0.3, 0.4) is 0 Å². The molecule has 8 nitrogen and oxygen atoms in total. The molecular weight excluding hydrogens is 392 g/mol. The van der Waals surface area contributed by atoms with Gasteiger partial charge in [-0.25, -0.2) is 4.98 Å². The predicted molar refractivity (Wildman–Crippen MR) is 107 cm³/mol. The van der Waals surface area contributed by atoms with Crippen LogP contribution in [0.4, 0.5) is 0 Å². The molecule has 2 amide bonds. The number of carbonyl (C=O) groups excluding carboxylic acids is 2. The average molecular weight is 410 g/mol. The molecule has 1 aliphatic heterocycles. The van der Waals surface area contributed by atoms with Crippen LogP contribution in [0.2, 0.25) is 0 Å². The summed E-state index contributed by atoms with van der Waals surface area (Å²) in [5.74, 6) is 0.0600. The molecule has 1 atom stereocenters. The molecule has 0 aliphatic carbocycles. The van der Waals surface area contributed by atoms with Crippen molar-refractivity contribution in [1.29, 1.82) is 0 Å². The molecule has 2 heterocycles. The van der Waals surface area contributed by atoms with E-state index in [1.165, 1.54) is 18.0 Å². The summed E-state index contributed by atoms with van der Waals surface area (Å²) < 4.78 is 12.9. The summed E-state index contributed by atoms with van der Waals surface area (Å²) in [7, 11) is 0. The highest BCUT2D eigenvalue weighted by Gasteiger charge is 2.28. The highest BCUT2D eigenvalue weighted by atomic mass is 32.2. The number of fused-ring (bicyclic) bond motifs is 1. The molecule has 0 bridgehead atoms. The van der Waals surface area contributed by atoms with E-state index >= 15 is 0 Å². The van der Waals surface area contributed by atoms with Crippen LogP contribution < -0.4 is 20.3 Å². The van der Waals surface area contributed by atoms with E-state index in [1.54, 1.807) is 22.8 Å². The minimum absolute atomic E-state index is 0.0529. The largest absolute Gasteiger partial charge is 0.485 e. The van der Waals surface area contributed by atoms with Gasteiger partial charge < -0.3 is 9.47 Å². The third-order valence-corrected chi connectivity index (χ3v) is 4.91. The smallest absolute Gasteiger partial charge is 0.288 e. The van der Waals surface area contributed by atoms with Crippen molar-refractivity contribution in [3.8, 4) is 17.2 Å². The number of amides is 2. The second-order valence-electron chi connectivity index (χ2n) is 6.11. The van der Waals surface area contributed by atoms with Crippen LogP contribution >= 0.6 is 11.8 Å². The first-order valence-electron chi connectivity index (χ1n) is 8.83. The van der Waals surface area contributed by atoms with E-state index in [2.05, 4.69) is 15.8 Å². The number of imidazole rings is 1. The number of rotatable bonds is 4. The molecule has 2 aromatic carbocycles. The van der Waals surface area contributed by atoms with Crippen LogP contribution in [-0.4, -0.2) is 40.3 Å². The highest BCUT2D eigenvalue weighted by Crippen LogP contribution is 2.30. The number of para-hydroxylation sites is 3. The lowest BCUT2D eigenvalue weighted by atomic mass is 10.2. The third kappa shape index (κ3) is 3.90. The number of aromatic nitrogens is 2. The van der Waals surface area contributed by atoms with Crippen molar-refractivity contribution in [2.75, 3.05) is 12.9 Å². The Bertz CT molecular complexity index is 1040. The minimum Gasteiger partial charge on any atom is -0.485 e. The molecule has 29 heavy (non-hydrogen) atoms. The summed E-state index contributed by atoms with van der Waals surface area (Å²) in [4.78, 5) is 29.4. The van der Waals surface area contributed by atoms with Crippen LogP contribution in [0.15, 0.2) is 66.0 Å². The van der Waals surface area contributed by atoms with Gasteiger partial charge >= 0.3 is 0 Å². The Morgan fingerprint density at radius 1 is 1.07 bits per heavy atom. The van der Waals surface area contributed by atoms with Crippen LogP contribution in [0.5, 0.6) is 11.5 Å². The monoisotopic (exact) mass is 410 g/mol. The lowest BCUT2D eigenvalue weighted by Crippen LogP contribution is -2.51. The van der Waals surface area contributed by atoms with E-state index in [1.807, 2.05) is 42.7 Å². The minimum atomic E-state index is -0.869. The second-order valence-corrected chi connectivity index (χ2v) is 6.88. The van der Waals surface area contributed by atoms with Gasteiger partial charge in [0.25, 0.3) is 11.8 Å². The molecular formula is C20H18N4O4S. The molecule has 3 aromatic rings. The summed E-state index contributed by atoms with van der Waals surface area (Å²) in [6.07, 6.45) is 2.48. The van der Waals surface area contributed by atoms with Crippen molar-refractivity contribution in [1.82, 2.24) is 20.4 Å². The molecule has 2 N–H and O–H groups in total. The number of carbonyl (C=O) groups is 2. The van der Waals surface area contributed by atoms with Gasteiger partial charge in [0.05, 0.1) is 6.20 Å². The van der Waals surface area contributed by atoms with Crippen molar-refractivity contribution >= 4 is 23.6 Å². The van der Waals surface area contributed by atoms with Crippen LogP contribution in [0, 0.1) is 0 Å². The topological polar surface area (TPSA) is 94.5 Å². The van der Waals surface area contributed by atoms with E-state index in [0.29, 0.717) is 22.3 Å². The average Bonchev–Trinajstić information content (AvgIpc) is 3.21. The van der Waals surface area contributed by atoms with Gasteiger partial charge in [0.1, 0.15) is 12.3 Å². The maximum Gasteiger partial charge on any atom is 0.288 e. The zero-order valence-corrected chi connectivity index (χ0v) is 16.3. The SMILES string of the molecule is CSc1ncc(C(=O)NNC(=O)C2COc3ccccc3O2)n1-c1ccccc1. The molecule has 1 unspecified atom stereocenters. The molecule has 0 radical (unpaired) electrons. The van der Waals surface area contributed by atoms with Gasteiger partial charge in [0.2, 0.25) is 6.10 Å². The number of nitrogens with zero attached hydrogens (tertiary/aromatic N) is 2. The van der Waals surface area contributed by atoms with Gasteiger partial charge in [0.15, 0.2) is 16.7 Å². The van der Waals surface area contributed by atoms with E-state index < -0.39 is 17.9 Å². The third-order valence-electron chi connectivity index (χ3n) is 4.26. The maximum absolute atomic E-state index is 12.7. The fourth-order valence-corrected chi connectivity index (χ4v) is 3.42. The molecule has 148 valence electrons. The van der Waals surface area contributed by atoms with E-state index in [9.17, 15) is 9.59 Å². The molecule has 0 spiro atoms. The molecule has 0 saturated heterocycles. The number of hydrazine groups is 1. The summed E-state index contributed by atoms with van der Waals surface area (Å²) >= 11 is 1.42. The Hall–Kier alpha value is -3.46. The predicted octanol–water partition coefficient (Wildman–Crippen LogP) is 2.20. The Morgan fingerprint density at radius 2 is 1.79 bits per heavy atom. The summed E-state index contributed by atoms with van der Waals surface area (Å²) in [6, 6.07) is 16.5. The number of hydrogen-bond acceptors (Lipinski definition) is 6. The van der Waals surface area contributed by atoms with Gasteiger partial charge in [0, 0.05) is 5.69 Å². The lowest BCUT2D eigenvalue weighted by Gasteiger charge is -2.25. The Morgan fingerprint density at radius 3 is 2.55 bits per heavy atom. The van der Waals surface area contributed by atoms with Gasteiger partial charge in [-0.15, -0.1) is 0 Å². The second kappa shape index (κ2) is 8.27. The molecule has 0 fully saturated rings. The molecule has 0 saturated carbocycles. The van der Waals surface area contributed by atoms with Gasteiger partial charge in [-0.2, -0.15) is 0 Å². The number of ether oxygens (including phenoxy) is 2. The van der Waals surface area contributed by atoms with Crippen LogP contribution in [-0.2, 0) is 4.79 Å². The van der Waals surface area contributed by atoms with Gasteiger partial charge in [-0.05, 0) is 30.5 Å². The van der Waals surface area contributed by atoms with Crippen molar-refractivity contribution in [3.63, 3.8) is 0 Å². The summed E-state index contributed by atoms with van der Waals surface area (Å²) in [5.41, 5.74) is 5.92. The number of thioether (sulfide) groups is 1. The standard InChI is InChI=1S/C20H18N4O4S/c1-29-20-21-11-14(24(20)13-7-3-2-4-8-13)18(25)22-23-19(26)17-12-27-15-9-5-6-10-16(15)28-17/h2-11,17H,12H2,1H3,(H,22,25)(H,23,26). The van der Waals surface area contributed by atoms with Gasteiger partial charge in [-0.1, -0.05) is 42.1 Å². The zero-order chi connectivity index (χ0) is 20.2. The summed E-state index contributed by atoms with van der Waals surface area (Å²) in [6.45, 7) is 0.0529. The fraction of sp³-hybridized carbons (Fsp3) is 0.150. The fourth-order valence-electron chi connectivity index (χ4n) is 2.88. The number of hydrogen-bond donors (Lipinski definition) is 2. The van der Waals surface area contributed by atoms with Crippen molar-refractivity contribution in [2.24, 2.45) is 0 Å². The molecule has 1 aromatic heterocycles. The van der Waals surface area contributed by atoms with E-state index in [-0.39, 0.29) is 6.61 Å². The quantitative estimate of drug-likeness (QED) is 0.506. The van der Waals surface area contributed by atoms with E-state index in [4.69, 9.17) is 9.47 Å². The first-order valence-corrected chi connectivity index (χ1v) is 10.1. The summed E-state index contributed by atoms with van der Waals surface area (Å²) in [5, 5.41) is 0.660. The zero-order valence-electron chi connectivity index (χ0n) is 15.5. The lowest BCUT2D eigenvalue weighted by molar-refractivity contribution is -0.131.